The van der Waals surface area contributed by atoms with E-state index in [1.54, 1.807) is 18.3 Å². The molecule has 0 unspecified atom stereocenters. The summed E-state index contributed by atoms with van der Waals surface area (Å²) in [5, 5.41) is 19.3. The molecule has 3 aromatic rings. The van der Waals surface area contributed by atoms with E-state index in [4.69, 9.17) is 5.73 Å². The maximum atomic E-state index is 13.9. The molecule has 1 saturated heterocycles. The van der Waals surface area contributed by atoms with Gasteiger partial charge in [0.2, 0.25) is 29.5 Å². The number of aliphatic hydroxyl groups is 1. The minimum absolute atomic E-state index is 0.0198. The Labute approximate surface area is 322 Å². The number of unbranched alkanes of at least 4 members (excludes halogenated alkanes) is 2. The lowest BCUT2D eigenvalue weighted by atomic mass is 9.85. The number of hydrogen-bond acceptors (Lipinski definition) is 8. The lowest BCUT2D eigenvalue weighted by Gasteiger charge is -2.35. The summed E-state index contributed by atoms with van der Waals surface area (Å²) >= 11 is 1.58. The Hall–Kier alpha value is -4.62. The van der Waals surface area contributed by atoms with Crippen molar-refractivity contribution in [2.75, 3.05) is 6.54 Å². The fourth-order valence-corrected chi connectivity index (χ4v) is 7.36. The van der Waals surface area contributed by atoms with Crippen molar-refractivity contribution in [3.63, 3.8) is 0 Å². The van der Waals surface area contributed by atoms with E-state index in [0.29, 0.717) is 19.4 Å². The zero-order valence-electron chi connectivity index (χ0n) is 32.2. The van der Waals surface area contributed by atoms with Crippen molar-refractivity contribution in [1.82, 2.24) is 25.8 Å². The SMILES string of the molecule is Cc1ncsc1-c1ccc(CNC(=O)[C@@H]2C[C@@H](O)CN2C(=O)[C@@H](NC(=O)CCCCCc2cccc(CNC(=O)[C@@H](C)CCC(N)=O)c2)C(C)(C)C)cc1. The first-order valence-electron chi connectivity index (χ1n) is 18.8. The molecule has 54 heavy (non-hydrogen) atoms. The van der Waals surface area contributed by atoms with Crippen molar-refractivity contribution in [2.24, 2.45) is 17.1 Å². The van der Waals surface area contributed by atoms with Crippen molar-refractivity contribution < 1.29 is 29.1 Å². The number of primary amides is 1. The van der Waals surface area contributed by atoms with Crippen LogP contribution in [0.2, 0.25) is 0 Å². The second-order valence-corrected chi connectivity index (χ2v) is 16.3. The van der Waals surface area contributed by atoms with Gasteiger partial charge in [-0.2, -0.15) is 0 Å². The minimum atomic E-state index is -0.872. The molecule has 5 amide bonds. The number of nitrogens with zero attached hydrogens (tertiary/aromatic N) is 2. The van der Waals surface area contributed by atoms with Crippen LogP contribution in [0.4, 0.5) is 0 Å². The number of aromatic nitrogens is 1. The van der Waals surface area contributed by atoms with Crippen LogP contribution in [0.5, 0.6) is 0 Å². The first-order valence-corrected chi connectivity index (χ1v) is 19.7. The third-order valence-electron chi connectivity index (χ3n) is 9.81. The van der Waals surface area contributed by atoms with Gasteiger partial charge in [-0.25, -0.2) is 4.98 Å². The van der Waals surface area contributed by atoms with Gasteiger partial charge in [0.1, 0.15) is 12.1 Å². The Balaban J connectivity index is 1.23. The molecule has 4 rings (SSSR count). The molecule has 0 aliphatic carbocycles. The van der Waals surface area contributed by atoms with Gasteiger partial charge in [0.25, 0.3) is 0 Å². The normalized spacial score (nSPS) is 16.7. The van der Waals surface area contributed by atoms with E-state index in [1.807, 2.05) is 75.7 Å². The van der Waals surface area contributed by atoms with E-state index in [-0.39, 0.29) is 61.9 Å². The van der Waals surface area contributed by atoms with E-state index in [2.05, 4.69) is 27.0 Å². The first kappa shape index (κ1) is 42.1. The maximum absolute atomic E-state index is 13.9. The summed E-state index contributed by atoms with van der Waals surface area (Å²) < 4.78 is 0. The van der Waals surface area contributed by atoms with Gasteiger partial charge in [-0.05, 0) is 60.3 Å². The largest absolute Gasteiger partial charge is 0.391 e. The summed E-state index contributed by atoms with van der Waals surface area (Å²) in [5.41, 5.74) is 11.4. The van der Waals surface area contributed by atoms with Crippen molar-refractivity contribution in [2.45, 2.75) is 117 Å². The van der Waals surface area contributed by atoms with Crippen molar-refractivity contribution in [3.05, 3.63) is 76.4 Å². The summed E-state index contributed by atoms with van der Waals surface area (Å²) in [7, 11) is 0. The summed E-state index contributed by atoms with van der Waals surface area (Å²) in [6.45, 7) is 10.1. The number of carbonyl (C=O) groups excluding carboxylic acids is 5. The summed E-state index contributed by atoms with van der Waals surface area (Å²) in [4.78, 5) is 70.7. The van der Waals surface area contributed by atoms with Crippen LogP contribution in [0.25, 0.3) is 10.4 Å². The predicted octanol–water partition coefficient (Wildman–Crippen LogP) is 4.55. The van der Waals surface area contributed by atoms with E-state index in [9.17, 15) is 29.1 Å². The molecular formula is C41H56N6O6S. The van der Waals surface area contributed by atoms with Crippen LogP contribution in [0, 0.1) is 18.3 Å². The maximum Gasteiger partial charge on any atom is 0.246 e. The number of hydrogen-bond donors (Lipinski definition) is 5. The number of thiazole rings is 1. The van der Waals surface area contributed by atoms with Gasteiger partial charge in [0, 0.05) is 44.8 Å². The molecule has 0 radical (unpaired) electrons. The van der Waals surface area contributed by atoms with Crippen LogP contribution in [-0.4, -0.2) is 69.3 Å². The fraction of sp³-hybridized carbons (Fsp3) is 0.512. The molecule has 292 valence electrons. The van der Waals surface area contributed by atoms with Gasteiger partial charge < -0.3 is 31.7 Å². The highest BCUT2D eigenvalue weighted by Crippen LogP contribution is 2.28. The van der Waals surface area contributed by atoms with Gasteiger partial charge in [0.15, 0.2) is 0 Å². The summed E-state index contributed by atoms with van der Waals surface area (Å²) in [6, 6.07) is 14.2. The molecule has 1 aliphatic heterocycles. The van der Waals surface area contributed by atoms with Crippen LogP contribution >= 0.6 is 11.3 Å². The van der Waals surface area contributed by atoms with Gasteiger partial charge >= 0.3 is 0 Å². The van der Waals surface area contributed by atoms with Crippen LogP contribution < -0.4 is 21.7 Å². The number of carbonyl (C=O) groups is 5. The molecule has 2 aromatic carbocycles. The van der Waals surface area contributed by atoms with Gasteiger partial charge in [0.05, 0.1) is 22.2 Å². The topological polar surface area (TPSA) is 184 Å². The van der Waals surface area contributed by atoms with Crippen molar-refractivity contribution in [3.8, 4) is 10.4 Å². The second kappa shape index (κ2) is 19.6. The van der Waals surface area contributed by atoms with Gasteiger partial charge in [-0.1, -0.05) is 82.6 Å². The Morgan fingerprint density at radius 1 is 0.963 bits per heavy atom. The van der Waals surface area contributed by atoms with E-state index in [0.717, 1.165) is 52.1 Å². The van der Waals surface area contributed by atoms with Crippen LogP contribution in [0.1, 0.15) is 95.0 Å². The lowest BCUT2D eigenvalue weighted by Crippen LogP contribution is -2.57. The molecule has 1 fully saturated rings. The Bertz CT molecular complexity index is 1750. The second-order valence-electron chi connectivity index (χ2n) is 15.4. The van der Waals surface area contributed by atoms with E-state index < -0.39 is 29.5 Å². The molecule has 13 heteroatoms. The fourth-order valence-electron chi connectivity index (χ4n) is 6.55. The molecule has 6 N–H and O–H groups in total. The van der Waals surface area contributed by atoms with Crippen LogP contribution in [0.3, 0.4) is 0 Å². The highest BCUT2D eigenvalue weighted by Gasteiger charge is 2.44. The number of amides is 5. The Kier molecular flexibility index (Phi) is 15.3. The van der Waals surface area contributed by atoms with Crippen LogP contribution in [-0.2, 0) is 43.5 Å². The number of likely N-dealkylation sites (tertiary alicyclic amines) is 1. The highest BCUT2D eigenvalue weighted by atomic mass is 32.1. The van der Waals surface area contributed by atoms with Crippen molar-refractivity contribution in [1.29, 1.82) is 0 Å². The monoisotopic (exact) mass is 760 g/mol. The van der Waals surface area contributed by atoms with Gasteiger partial charge in [-0.15, -0.1) is 11.3 Å². The molecule has 1 aromatic heterocycles. The van der Waals surface area contributed by atoms with Gasteiger partial charge in [-0.3, -0.25) is 24.0 Å². The summed E-state index contributed by atoms with van der Waals surface area (Å²) in [5.74, 6) is -1.79. The highest BCUT2D eigenvalue weighted by molar-refractivity contribution is 7.13. The van der Waals surface area contributed by atoms with E-state index >= 15 is 0 Å². The average molecular weight is 761 g/mol. The predicted molar refractivity (Wildman–Crippen MR) is 210 cm³/mol. The molecule has 0 saturated carbocycles. The first-order chi connectivity index (χ1) is 25.6. The van der Waals surface area contributed by atoms with Crippen molar-refractivity contribution >= 4 is 40.9 Å². The molecule has 0 spiro atoms. The number of aliphatic hydroxyl groups excluding tert-OH is 1. The standard InChI is InChI=1S/C41H56N6O6S/c1-26(14-19-34(42)49)38(51)43-23-30-12-9-11-28(20-30)10-7-6-8-13-35(50)46-37(41(3,4)5)40(53)47-24-32(48)21-33(47)39(52)44-22-29-15-17-31(18-16-29)36-27(2)45-25-54-36/h9,11-12,15-18,20,25-26,32-33,37,48H,6-8,10,13-14,19,21-24H2,1-5H3,(H2,42,49)(H,43,51)(H,44,52)(H,46,50)/t26-,32+,33-,37+/m0/s1. The summed E-state index contributed by atoms with van der Waals surface area (Å²) in [6.07, 6.45) is 3.29. The third kappa shape index (κ3) is 12.5. The Morgan fingerprint density at radius 3 is 2.33 bits per heavy atom. The Morgan fingerprint density at radius 2 is 1.67 bits per heavy atom. The number of aryl methyl sites for hydroxylation is 2. The smallest absolute Gasteiger partial charge is 0.246 e. The number of nitrogens with two attached hydrogens (primary N) is 1. The molecule has 4 atom stereocenters. The van der Waals surface area contributed by atoms with Crippen LogP contribution in [0.15, 0.2) is 54.0 Å². The number of benzene rings is 2. The lowest BCUT2D eigenvalue weighted by molar-refractivity contribution is -0.144. The molecule has 2 heterocycles. The minimum Gasteiger partial charge on any atom is -0.391 e. The average Bonchev–Trinajstić information content (AvgIpc) is 3.75. The number of nitrogens with one attached hydrogen (secondary N) is 3. The van der Waals surface area contributed by atoms with E-state index in [1.165, 1.54) is 4.90 Å². The zero-order chi connectivity index (χ0) is 39.4. The third-order valence-corrected chi connectivity index (χ3v) is 10.8. The molecule has 1 aliphatic rings. The zero-order valence-corrected chi connectivity index (χ0v) is 33.0. The number of β-amino-alcohol motifs (C(OH)–C–C–N with tert-alkyl or cyclic N) is 1. The molecule has 12 nitrogen and oxygen atoms in total. The molecular weight excluding hydrogens is 705 g/mol. The molecule has 0 bridgehead atoms. The quantitative estimate of drug-likeness (QED) is 0.118. The number of rotatable bonds is 18.